The van der Waals surface area contributed by atoms with Gasteiger partial charge in [-0.1, -0.05) is 31.8 Å². The molecular weight excluding hydrogens is 358 g/mol. The number of rotatable bonds is 2. The summed E-state index contributed by atoms with van der Waals surface area (Å²) < 4.78 is 6.94. The summed E-state index contributed by atoms with van der Waals surface area (Å²) in [7, 11) is 0.259. The molecule has 0 N–H and O–H groups in total. The van der Waals surface area contributed by atoms with Crippen molar-refractivity contribution in [1.29, 1.82) is 0 Å². The molecule has 0 fully saturated rings. The molecule has 0 radical (unpaired) electrons. The summed E-state index contributed by atoms with van der Waals surface area (Å²) in [4.78, 5) is 31.0. The molecule has 142 valence electrons. The molecule has 2 heterocycles. The normalized spacial score (nSPS) is 19.1. The number of esters is 1. The van der Waals surface area contributed by atoms with Gasteiger partial charge in [-0.25, -0.2) is 9.78 Å². The minimum absolute atomic E-state index is 0.0300. The van der Waals surface area contributed by atoms with Crippen molar-refractivity contribution in [3.63, 3.8) is 0 Å². The second kappa shape index (κ2) is 7.20. The number of aromatic nitrogens is 2. The first-order chi connectivity index (χ1) is 12.7. The molecule has 1 aliphatic carbocycles. The molecule has 1 atom stereocenters. The zero-order valence-corrected chi connectivity index (χ0v) is 17.5. The highest BCUT2D eigenvalue weighted by atomic mass is 28.3. The first-order valence-electron chi connectivity index (χ1n) is 9.15. The quantitative estimate of drug-likeness (QED) is 0.447. The fourth-order valence-corrected chi connectivity index (χ4v) is 3.74. The molecule has 3 rings (SSSR count). The highest BCUT2D eigenvalue weighted by Gasteiger charge is 2.32. The van der Waals surface area contributed by atoms with Gasteiger partial charge < -0.3 is 14.2 Å². The molecule has 1 amide bonds. The first-order valence-corrected chi connectivity index (χ1v) is 12.7. The van der Waals surface area contributed by atoms with Crippen LogP contribution in [0.2, 0.25) is 19.6 Å². The molecule has 0 bridgehead atoms. The number of nitrogens with zero attached hydrogens (tertiary/aromatic N) is 3. The Labute approximate surface area is 160 Å². The van der Waals surface area contributed by atoms with E-state index in [1.807, 2.05) is 16.7 Å². The van der Waals surface area contributed by atoms with Crippen LogP contribution in [0, 0.1) is 17.4 Å². The average Bonchev–Trinajstić information content (AvgIpc) is 2.98. The predicted octanol–water partition coefficient (Wildman–Crippen LogP) is 2.70. The van der Waals surface area contributed by atoms with Gasteiger partial charge in [0, 0.05) is 13.0 Å². The van der Waals surface area contributed by atoms with Gasteiger partial charge in [-0.05, 0) is 13.3 Å². The maximum absolute atomic E-state index is 12.9. The number of carbonyl (C=O) groups excluding carboxylic acids is 2. The number of hydrogen-bond donors (Lipinski definition) is 0. The van der Waals surface area contributed by atoms with Crippen LogP contribution in [0.1, 0.15) is 29.5 Å². The molecule has 7 heteroatoms. The fraction of sp³-hybridized carbons (Fsp3) is 0.450. The van der Waals surface area contributed by atoms with Crippen molar-refractivity contribution in [2.45, 2.75) is 39.5 Å². The van der Waals surface area contributed by atoms with Crippen molar-refractivity contribution in [2.75, 3.05) is 13.7 Å². The van der Waals surface area contributed by atoms with E-state index in [-0.39, 0.29) is 24.1 Å². The van der Waals surface area contributed by atoms with E-state index in [2.05, 4.69) is 36.1 Å². The van der Waals surface area contributed by atoms with Gasteiger partial charge in [0.05, 0.1) is 30.1 Å². The molecular formula is C20H25N3O3Si. The minimum Gasteiger partial charge on any atom is -0.461 e. The molecule has 0 spiro atoms. The third kappa shape index (κ3) is 3.91. The molecule has 1 aromatic heterocycles. The zero-order chi connectivity index (χ0) is 19.8. The van der Waals surface area contributed by atoms with Crippen LogP contribution in [0.5, 0.6) is 0 Å². The third-order valence-electron chi connectivity index (χ3n) is 4.40. The summed E-state index contributed by atoms with van der Waals surface area (Å²) >= 11 is 0. The molecule has 2 aliphatic rings. The van der Waals surface area contributed by atoms with Crippen LogP contribution in [0.15, 0.2) is 24.1 Å². The minimum atomic E-state index is -1.47. The smallest absolute Gasteiger partial charge is 0.358 e. The van der Waals surface area contributed by atoms with E-state index in [9.17, 15) is 9.59 Å². The van der Waals surface area contributed by atoms with Gasteiger partial charge >= 0.3 is 5.97 Å². The van der Waals surface area contributed by atoms with Gasteiger partial charge in [0.2, 0.25) is 0 Å². The van der Waals surface area contributed by atoms with Crippen LogP contribution in [0.4, 0.5) is 0 Å². The molecule has 1 unspecified atom stereocenters. The molecule has 27 heavy (non-hydrogen) atoms. The second-order valence-corrected chi connectivity index (χ2v) is 12.6. The number of imidazole rings is 1. The number of carbonyl (C=O) groups is 2. The summed E-state index contributed by atoms with van der Waals surface area (Å²) in [5, 5.41) is 0. The molecule has 6 nitrogen and oxygen atoms in total. The Balaban J connectivity index is 2.02. The standard InChI is InChI=1S/C20H25N3O3Si/c1-6-26-20(25)18-17-12-22(2)19(24)15-11-14(9-10-27(3,4)5)7-8-16(15)23(17)13-21-18/h8,11,13-14H,6-7,12H2,1-5H3. The summed E-state index contributed by atoms with van der Waals surface area (Å²) in [5.41, 5.74) is 5.71. The summed E-state index contributed by atoms with van der Waals surface area (Å²) in [6, 6.07) is 0. The maximum Gasteiger partial charge on any atom is 0.358 e. The van der Waals surface area contributed by atoms with Crippen LogP contribution in [-0.4, -0.2) is 48.1 Å². The van der Waals surface area contributed by atoms with E-state index < -0.39 is 14.0 Å². The third-order valence-corrected chi connectivity index (χ3v) is 5.29. The summed E-state index contributed by atoms with van der Waals surface area (Å²) in [5.74, 6) is 2.83. The lowest BCUT2D eigenvalue weighted by atomic mass is 9.94. The van der Waals surface area contributed by atoms with E-state index in [0.29, 0.717) is 17.8 Å². The monoisotopic (exact) mass is 383 g/mol. The van der Waals surface area contributed by atoms with Crippen molar-refractivity contribution in [1.82, 2.24) is 14.5 Å². The van der Waals surface area contributed by atoms with Gasteiger partial charge in [0.1, 0.15) is 14.4 Å². The van der Waals surface area contributed by atoms with Crippen LogP contribution in [0.3, 0.4) is 0 Å². The number of allylic oxidation sites excluding steroid dienone is 2. The molecule has 0 aromatic carbocycles. The van der Waals surface area contributed by atoms with E-state index in [1.165, 1.54) is 0 Å². The lowest BCUT2D eigenvalue weighted by Crippen LogP contribution is -2.27. The van der Waals surface area contributed by atoms with Gasteiger partial charge in [-0.15, -0.1) is 11.5 Å². The molecule has 1 aromatic rings. The Bertz CT molecular complexity index is 909. The van der Waals surface area contributed by atoms with E-state index >= 15 is 0 Å². The maximum atomic E-state index is 12.9. The van der Waals surface area contributed by atoms with Crippen LogP contribution in [-0.2, 0) is 16.1 Å². The number of hydrogen-bond acceptors (Lipinski definition) is 4. The number of ether oxygens (including phenoxy) is 1. The number of likely N-dealkylation sites (N-methyl/N-ethyl adjacent to an activating group) is 1. The van der Waals surface area contributed by atoms with Gasteiger partial charge in [-0.2, -0.15) is 0 Å². The lowest BCUT2D eigenvalue weighted by Gasteiger charge is -2.19. The molecule has 0 saturated carbocycles. The van der Waals surface area contributed by atoms with Crippen LogP contribution < -0.4 is 0 Å². The van der Waals surface area contributed by atoms with Crippen LogP contribution >= 0.6 is 0 Å². The number of amides is 1. The van der Waals surface area contributed by atoms with E-state index in [1.54, 1.807) is 25.2 Å². The van der Waals surface area contributed by atoms with Gasteiger partial charge in [-0.3, -0.25) is 4.79 Å². The SMILES string of the molecule is CCOC(=O)c1ncn2c1CN(C)C(=O)C1=CC(C#C[Si](C)(C)C)CC=C12. The molecule has 1 aliphatic heterocycles. The Morgan fingerprint density at radius 3 is 2.81 bits per heavy atom. The van der Waals surface area contributed by atoms with Gasteiger partial charge in [0.25, 0.3) is 5.91 Å². The van der Waals surface area contributed by atoms with Crippen molar-refractivity contribution < 1.29 is 14.3 Å². The fourth-order valence-electron chi connectivity index (χ4n) is 3.13. The highest BCUT2D eigenvalue weighted by Crippen LogP contribution is 2.32. The zero-order valence-electron chi connectivity index (χ0n) is 16.5. The molecule has 0 saturated heterocycles. The summed E-state index contributed by atoms with van der Waals surface area (Å²) in [6.07, 6.45) is 6.32. The van der Waals surface area contributed by atoms with Crippen molar-refractivity contribution in [3.05, 3.63) is 35.4 Å². The Hall–Kier alpha value is -2.59. The van der Waals surface area contributed by atoms with E-state index in [4.69, 9.17) is 4.74 Å². The van der Waals surface area contributed by atoms with Crippen molar-refractivity contribution in [2.24, 2.45) is 5.92 Å². The van der Waals surface area contributed by atoms with Crippen molar-refractivity contribution in [3.8, 4) is 11.5 Å². The highest BCUT2D eigenvalue weighted by molar-refractivity contribution is 6.83. The summed E-state index contributed by atoms with van der Waals surface area (Å²) in [6.45, 7) is 8.95. The predicted molar refractivity (Wildman–Crippen MR) is 106 cm³/mol. The Morgan fingerprint density at radius 2 is 2.15 bits per heavy atom. The largest absolute Gasteiger partial charge is 0.461 e. The second-order valence-electron chi connectivity index (χ2n) is 7.82. The Kier molecular flexibility index (Phi) is 5.11. The Morgan fingerprint density at radius 1 is 1.41 bits per heavy atom. The van der Waals surface area contributed by atoms with Gasteiger partial charge in [0.15, 0.2) is 5.69 Å². The van der Waals surface area contributed by atoms with Crippen LogP contribution in [0.25, 0.3) is 5.70 Å². The average molecular weight is 384 g/mol. The number of fused-ring (bicyclic) bond motifs is 3. The first kappa shape index (κ1) is 19.2. The lowest BCUT2D eigenvalue weighted by molar-refractivity contribution is -0.125. The topological polar surface area (TPSA) is 64.4 Å². The van der Waals surface area contributed by atoms with E-state index in [0.717, 1.165) is 12.1 Å². The van der Waals surface area contributed by atoms with Crippen molar-refractivity contribution >= 4 is 25.6 Å².